The highest BCUT2D eigenvalue weighted by molar-refractivity contribution is 5.80. The van der Waals surface area contributed by atoms with E-state index in [0.29, 0.717) is 44.8 Å². The normalized spacial score (nSPS) is 12.7. The van der Waals surface area contributed by atoms with Gasteiger partial charge in [-0.2, -0.15) is 13.2 Å². The molecule has 1 heterocycles. The van der Waals surface area contributed by atoms with Crippen LogP contribution in [0.2, 0.25) is 0 Å². The van der Waals surface area contributed by atoms with Gasteiger partial charge in [-0.1, -0.05) is 38.1 Å². The lowest BCUT2D eigenvalue weighted by Crippen LogP contribution is -2.20. The Bertz CT molecular complexity index is 1380. The summed E-state index contributed by atoms with van der Waals surface area (Å²) in [6.07, 6.45) is -4.49. The fourth-order valence-corrected chi connectivity index (χ4v) is 4.40. The van der Waals surface area contributed by atoms with Crippen LogP contribution in [0, 0.1) is 11.6 Å². The molecule has 0 aliphatic heterocycles. The summed E-state index contributed by atoms with van der Waals surface area (Å²) in [7, 11) is 0. The maximum atomic E-state index is 13.8. The number of alkyl halides is 3. The second-order valence-electron chi connectivity index (χ2n) is 9.04. The average Bonchev–Trinajstić information content (AvgIpc) is 2.87. The molecule has 0 aliphatic carbocycles. The third kappa shape index (κ3) is 5.40. The summed E-state index contributed by atoms with van der Waals surface area (Å²) in [4.78, 5) is 4.83. The van der Waals surface area contributed by atoms with Gasteiger partial charge in [0.25, 0.3) is 0 Å². The third-order valence-corrected chi connectivity index (χ3v) is 6.23. The lowest BCUT2D eigenvalue weighted by Gasteiger charge is -2.27. The largest absolute Gasteiger partial charge is 0.416 e. The van der Waals surface area contributed by atoms with Gasteiger partial charge in [-0.15, -0.1) is 0 Å². The molecule has 37 heavy (non-hydrogen) atoms. The van der Waals surface area contributed by atoms with E-state index in [1.807, 2.05) is 13.8 Å². The van der Waals surface area contributed by atoms with Crippen molar-refractivity contribution in [2.24, 2.45) is 5.73 Å². The average molecular weight is 513 g/mol. The fourth-order valence-electron chi connectivity index (χ4n) is 4.40. The Morgan fingerprint density at radius 3 is 1.78 bits per heavy atom. The van der Waals surface area contributed by atoms with Crippen molar-refractivity contribution in [3.63, 3.8) is 0 Å². The van der Waals surface area contributed by atoms with Crippen molar-refractivity contribution in [3.05, 3.63) is 112 Å². The Labute approximate surface area is 211 Å². The van der Waals surface area contributed by atoms with Crippen LogP contribution in [0.3, 0.4) is 0 Å². The van der Waals surface area contributed by atoms with Gasteiger partial charge in [0.2, 0.25) is 0 Å². The molecule has 3 nitrogen and oxygen atoms in total. The summed E-state index contributed by atoms with van der Waals surface area (Å²) >= 11 is 0. The van der Waals surface area contributed by atoms with Crippen molar-refractivity contribution in [2.45, 2.75) is 38.6 Å². The van der Waals surface area contributed by atoms with Crippen LogP contribution in [0.1, 0.15) is 53.8 Å². The van der Waals surface area contributed by atoms with Crippen LogP contribution in [0.25, 0.3) is 22.4 Å². The van der Waals surface area contributed by atoms with Gasteiger partial charge in [0, 0.05) is 22.4 Å². The van der Waals surface area contributed by atoms with Gasteiger partial charge >= 0.3 is 6.18 Å². The van der Waals surface area contributed by atoms with E-state index >= 15 is 0 Å². The molecule has 8 heteroatoms. The number of pyridine rings is 1. The quantitative estimate of drug-likeness (QED) is 0.265. The van der Waals surface area contributed by atoms with Crippen molar-refractivity contribution in [1.82, 2.24) is 4.98 Å². The molecule has 4 rings (SSSR count). The van der Waals surface area contributed by atoms with Gasteiger partial charge in [0.1, 0.15) is 11.6 Å². The topological polar surface area (TPSA) is 59.1 Å². The number of hydrogen-bond acceptors (Lipinski definition) is 3. The molecule has 4 aromatic rings. The van der Waals surface area contributed by atoms with Gasteiger partial charge in [-0.05, 0) is 71.1 Å². The van der Waals surface area contributed by atoms with Gasteiger partial charge in [0.05, 0.1) is 23.9 Å². The predicted molar refractivity (Wildman–Crippen MR) is 133 cm³/mol. The molecule has 0 saturated carbocycles. The summed E-state index contributed by atoms with van der Waals surface area (Å²) in [6.45, 7) is 3.33. The molecule has 0 fully saturated rings. The van der Waals surface area contributed by atoms with E-state index < -0.39 is 36.0 Å². The van der Waals surface area contributed by atoms with Gasteiger partial charge < -0.3 is 10.8 Å². The highest BCUT2D eigenvalue weighted by Crippen LogP contribution is 2.42. The first-order valence-corrected chi connectivity index (χ1v) is 11.6. The van der Waals surface area contributed by atoms with Crippen LogP contribution in [-0.4, -0.2) is 10.1 Å². The van der Waals surface area contributed by atoms with E-state index in [-0.39, 0.29) is 5.92 Å². The van der Waals surface area contributed by atoms with Crippen LogP contribution in [0.5, 0.6) is 0 Å². The zero-order chi connectivity index (χ0) is 26.9. The van der Waals surface area contributed by atoms with Crippen molar-refractivity contribution in [1.29, 1.82) is 0 Å². The Balaban J connectivity index is 2.03. The molecule has 3 aromatic carbocycles. The van der Waals surface area contributed by atoms with E-state index in [2.05, 4.69) is 0 Å². The molecular formula is C29H25F5N2O. The SMILES string of the molecule is CC(C)c1nc(-c2ccc(F)cc2)c(CO)c(-c2ccc(F)cc2)c1C(N)c1ccc(C(F)(F)F)cc1. The fraction of sp³-hybridized carbons (Fsp3) is 0.207. The van der Waals surface area contributed by atoms with Crippen molar-refractivity contribution in [3.8, 4) is 22.4 Å². The third-order valence-electron chi connectivity index (χ3n) is 6.23. The maximum absolute atomic E-state index is 13.8. The highest BCUT2D eigenvalue weighted by Gasteiger charge is 2.31. The minimum absolute atomic E-state index is 0.179. The molecule has 0 aliphatic rings. The van der Waals surface area contributed by atoms with Crippen molar-refractivity contribution in [2.75, 3.05) is 0 Å². The van der Waals surface area contributed by atoms with E-state index in [9.17, 15) is 27.1 Å². The number of hydrogen-bond donors (Lipinski definition) is 2. The second kappa shape index (κ2) is 10.4. The minimum atomic E-state index is -4.49. The Kier molecular flexibility index (Phi) is 7.43. The molecule has 3 N–H and O–H groups in total. The zero-order valence-electron chi connectivity index (χ0n) is 20.2. The lowest BCUT2D eigenvalue weighted by molar-refractivity contribution is -0.137. The monoisotopic (exact) mass is 512 g/mol. The molecule has 0 spiro atoms. The second-order valence-corrected chi connectivity index (χ2v) is 9.04. The van der Waals surface area contributed by atoms with Gasteiger partial charge in [-0.3, -0.25) is 4.98 Å². The van der Waals surface area contributed by atoms with E-state index in [1.54, 1.807) is 24.3 Å². The molecule has 1 aromatic heterocycles. The Morgan fingerprint density at radius 1 is 0.811 bits per heavy atom. The van der Waals surface area contributed by atoms with Crippen LogP contribution >= 0.6 is 0 Å². The van der Waals surface area contributed by atoms with Crippen LogP contribution < -0.4 is 5.73 Å². The number of halogens is 5. The molecule has 1 unspecified atom stereocenters. The number of aliphatic hydroxyl groups excluding tert-OH is 1. The first-order valence-electron chi connectivity index (χ1n) is 11.6. The number of rotatable bonds is 6. The summed E-state index contributed by atoms with van der Waals surface area (Å²) in [5, 5.41) is 10.5. The first kappa shape index (κ1) is 26.4. The minimum Gasteiger partial charge on any atom is -0.392 e. The number of nitrogens with zero attached hydrogens (tertiary/aromatic N) is 1. The molecule has 0 bridgehead atoms. The van der Waals surface area contributed by atoms with Crippen LogP contribution in [0.15, 0.2) is 72.8 Å². The maximum Gasteiger partial charge on any atom is 0.416 e. The summed E-state index contributed by atoms with van der Waals surface area (Å²) in [5.41, 5.74) is 9.79. The van der Waals surface area contributed by atoms with Crippen molar-refractivity contribution >= 4 is 0 Å². The molecular weight excluding hydrogens is 487 g/mol. The number of aromatic nitrogens is 1. The Morgan fingerprint density at radius 2 is 1.32 bits per heavy atom. The zero-order valence-corrected chi connectivity index (χ0v) is 20.2. The lowest BCUT2D eigenvalue weighted by atomic mass is 9.83. The van der Waals surface area contributed by atoms with Gasteiger partial charge in [0.15, 0.2) is 0 Å². The molecule has 0 saturated heterocycles. The van der Waals surface area contributed by atoms with Gasteiger partial charge in [-0.25, -0.2) is 8.78 Å². The van der Waals surface area contributed by atoms with E-state index in [1.165, 1.54) is 36.4 Å². The molecule has 0 amide bonds. The number of nitrogens with two attached hydrogens (primary N) is 1. The highest BCUT2D eigenvalue weighted by atomic mass is 19.4. The summed E-state index contributed by atoms with van der Waals surface area (Å²) < 4.78 is 66.9. The predicted octanol–water partition coefficient (Wildman–Crippen LogP) is 7.38. The number of benzene rings is 3. The Hall–Kier alpha value is -3.62. The van der Waals surface area contributed by atoms with Crippen LogP contribution in [0.4, 0.5) is 22.0 Å². The van der Waals surface area contributed by atoms with Crippen LogP contribution in [-0.2, 0) is 12.8 Å². The molecule has 1 atom stereocenters. The number of aliphatic hydroxyl groups is 1. The standard InChI is InChI=1S/C29H25F5N2O/c1-16(2)27-25(26(35)18-3-9-20(10-4-18)29(32,33)34)24(17-5-11-21(30)12-6-17)23(15-37)28(36-27)19-7-13-22(31)14-8-19/h3-14,16,26,37H,15,35H2,1-2H3. The summed E-state index contributed by atoms with van der Waals surface area (Å²) in [6, 6.07) is 15.0. The van der Waals surface area contributed by atoms with E-state index in [0.717, 1.165) is 12.1 Å². The molecule has 0 radical (unpaired) electrons. The molecule has 192 valence electrons. The summed E-state index contributed by atoms with van der Waals surface area (Å²) in [5.74, 6) is -1.07. The van der Waals surface area contributed by atoms with Crippen molar-refractivity contribution < 1.29 is 27.1 Å². The van der Waals surface area contributed by atoms with E-state index in [4.69, 9.17) is 10.7 Å². The first-order chi connectivity index (χ1) is 17.5. The smallest absolute Gasteiger partial charge is 0.392 e.